The van der Waals surface area contributed by atoms with E-state index in [0.29, 0.717) is 24.1 Å². The second-order valence-electron chi connectivity index (χ2n) is 5.38. The molecule has 1 unspecified atom stereocenters. The first-order chi connectivity index (χ1) is 12.0. The van der Waals surface area contributed by atoms with Gasteiger partial charge in [0.15, 0.2) is 0 Å². The third-order valence-electron chi connectivity index (χ3n) is 3.59. The van der Waals surface area contributed by atoms with E-state index in [9.17, 15) is 19.7 Å². The minimum atomic E-state index is -0.886. The van der Waals surface area contributed by atoms with Gasteiger partial charge in [-0.1, -0.05) is 19.4 Å². The van der Waals surface area contributed by atoms with Crippen LogP contribution >= 0.6 is 0 Å². The SMILES string of the molecule is CCCC(C(=O)Nc1cccc(C#N)c1)n1cc([N+](=O)[O-])ccc1=O. The highest BCUT2D eigenvalue weighted by Crippen LogP contribution is 2.19. The van der Waals surface area contributed by atoms with Crippen molar-refractivity contribution in [1.82, 2.24) is 4.57 Å². The number of benzene rings is 1. The molecule has 8 nitrogen and oxygen atoms in total. The van der Waals surface area contributed by atoms with Gasteiger partial charge in [0.25, 0.3) is 11.2 Å². The van der Waals surface area contributed by atoms with Crippen LogP contribution in [0.1, 0.15) is 31.4 Å². The minimum Gasteiger partial charge on any atom is -0.324 e. The molecule has 0 radical (unpaired) electrons. The second-order valence-corrected chi connectivity index (χ2v) is 5.38. The van der Waals surface area contributed by atoms with Gasteiger partial charge in [0, 0.05) is 17.8 Å². The van der Waals surface area contributed by atoms with Gasteiger partial charge in [0.1, 0.15) is 6.04 Å². The summed E-state index contributed by atoms with van der Waals surface area (Å²) in [7, 11) is 0. The number of carbonyl (C=O) groups excluding carboxylic acids is 1. The summed E-state index contributed by atoms with van der Waals surface area (Å²) >= 11 is 0. The molecule has 0 saturated heterocycles. The predicted octanol–water partition coefficient (Wildman–Crippen LogP) is 2.61. The van der Waals surface area contributed by atoms with E-state index >= 15 is 0 Å². The van der Waals surface area contributed by atoms with Crippen molar-refractivity contribution in [3.63, 3.8) is 0 Å². The summed E-state index contributed by atoms with van der Waals surface area (Å²) in [5.41, 5.74) is 0.0472. The Balaban J connectivity index is 2.35. The molecule has 1 aromatic carbocycles. The molecule has 0 aliphatic heterocycles. The number of rotatable bonds is 6. The fourth-order valence-corrected chi connectivity index (χ4v) is 2.41. The van der Waals surface area contributed by atoms with Gasteiger partial charge in [-0.25, -0.2) is 0 Å². The van der Waals surface area contributed by atoms with E-state index in [-0.39, 0.29) is 5.69 Å². The molecular formula is C17H16N4O4. The van der Waals surface area contributed by atoms with E-state index < -0.39 is 22.4 Å². The van der Waals surface area contributed by atoms with E-state index in [2.05, 4.69) is 5.32 Å². The lowest BCUT2D eigenvalue weighted by atomic mass is 10.1. The number of nitrogens with zero attached hydrogens (tertiary/aromatic N) is 3. The highest BCUT2D eigenvalue weighted by atomic mass is 16.6. The maximum Gasteiger partial charge on any atom is 0.285 e. The summed E-state index contributed by atoms with van der Waals surface area (Å²) in [5, 5.41) is 22.5. The van der Waals surface area contributed by atoms with Gasteiger partial charge in [-0.3, -0.25) is 24.3 Å². The lowest BCUT2D eigenvalue weighted by molar-refractivity contribution is -0.385. The molecule has 1 amide bonds. The van der Waals surface area contributed by atoms with Crippen LogP contribution in [0.15, 0.2) is 47.4 Å². The Hall–Kier alpha value is -3.47. The van der Waals surface area contributed by atoms with Gasteiger partial charge < -0.3 is 5.32 Å². The zero-order valence-corrected chi connectivity index (χ0v) is 13.5. The molecule has 25 heavy (non-hydrogen) atoms. The van der Waals surface area contributed by atoms with Crippen LogP contribution in [0.4, 0.5) is 11.4 Å². The van der Waals surface area contributed by atoms with Gasteiger partial charge in [0.05, 0.1) is 22.8 Å². The fraction of sp³-hybridized carbons (Fsp3) is 0.235. The van der Waals surface area contributed by atoms with Crippen LogP contribution in [0.5, 0.6) is 0 Å². The Labute approximate surface area is 143 Å². The Morgan fingerprint density at radius 1 is 1.40 bits per heavy atom. The normalized spacial score (nSPS) is 11.4. The van der Waals surface area contributed by atoms with Crippen LogP contribution < -0.4 is 10.9 Å². The summed E-state index contributed by atoms with van der Waals surface area (Å²) in [6.45, 7) is 1.85. The molecule has 1 atom stereocenters. The molecule has 0 aliphatic carbocycles. The van der Waals surface area contributed by atoms with Gasteiger partial charge in [0.2, 0.25) is 5.91 Å². The highest BCUT2D eigenvalue weighted by molar-refractivity contribution is 5.93. The largest absolute Gasteiger partial charge is 0.324 e. The molecule has 0 spiro atoms. The van der Waals surface area contributed by atoms with Crippen molar-refractivity contribution in [2.24, 2.45) is 0 Å². The van der Waals surface area contributed by atoms with E-state index in [4.69, 9.17) is 5.26 Å². The average molecular weight is 340 g/mol. The van der Waals surface area contributed by atoms with Crippen molar-refractivity contribution in [2.75, 3.05) is 5.32 Å². The first kappa shape index (κ1) is 17.9. The van der Waals surface area contributed by atoms with E-state index in [1.54, 1.807) is 18.2 Å². The molecular weight excluding hydrogens is 324 g/mol. The minimum absolute atomic E-state index is 0.264. The number of amides is 1. The van der Waals surface area contributed by atoms with E-state index in [1.807, 2.05) is 13.0 Å². The van der Waals surface area contributed by atoms with Crippen molar-refractivity contribution >= 4 is 17.3 Å². The molecule has 1 N–H and O–H groups in total. The van der Waals surface area contributed by atoms with E-state index in [1.165, 1.54) is 6.07 Å². The number of hydrogen-bond acceptors (Lipinski definition) is 5. The Morgan fingerprint density at radius 3 is 2.80 bits per heavy atom. The molecule has 0 fully saturated rings. The topological polar surface area (TPSA) is 118 Å². The van der Waals surface area contributed by atoms with Crippen LogP contribution in [0, 0.1) is 21.4 Å². The number of hydrogen-bond donors (Lipinski definition) is 1. The van der Waals surface area contributed by atoms with Gasteiger partial charge in [-0.15, -0.1) is 0 Å². The summed E-state index contributed by atoms with van der Waals surface area (Å²) in [4.78, 5) is 35.0. The standard InChI is InChI=1S/C17H16N4O4/c1-2-4-15(20-11-14(21(24)25)7-8-16(20)22)17(23)19-13-6-3-5-12(9-13)10-18/h3,5-9,11,15H,2,4H2,1H3,(H,19,23). The number of pyridine rings is 1. The number of nitro groups is 1. The van der Waals surface area contributed by atoms with Crippen LogP contribution in [0.2, 0.25) is 0 Å². The molecule has 1 heterocycles. The monoisotopic (exact) mass is 340 g/mol. The first-order valence-electron chi connectivity index (χ1n) is 7.64. The summed E-state index contributed by atoms with van der Waals surface area (Å²) in [6, 6.07) is 9.63. The third-order valence-corrected chi connectivity index (χ3v) is 3.59. The van der Waals surface area contributed by atoms with Crippen molar-refractivity contribution in [3.05, 3.63) is 68.6 Å². The van der Waals surface area contributed by atoms with Crippen LogP contribution in [0.25, 0.3) is 0 Å². The molecule has 2 rings (SSSR count). The smallest absolute Gasteiger partial charge is 0.285 e. The van der Waals surface area contributed by atoms with Crippen molar-refractivity contribution in [2.45, 2.75) is 25.8 Å². The number of nitrogens with one attached hydrogen (secondary N) is 1. The molecule has 0 saturated carbocycles. The Kier molecular flexibility index (Phi) is 5.63. The van der Waals surface area contributed by atoms with E-state index in [0.717, 1.165) is 22.9 Å². The molecule has 2 aromatic rings. The number of nitriles is 1. The molecule has 0 aliphatic rings. The second kappa shape index (κ2) is 7.88. The fourth-order valence-electron chi connectivity index (χ4n) is 2.41. The predicted molar refractivity (Wildman–Crippen MR) is 91.1 cm³/mol. The summed E-state index contributed by atoms with van der Waals surface area (Å²) < 4.78 is 1.07. The van der Waals surface area contributed by atoms with Crippen molar-refractivity contribution in [1.29, 1.82) is 5.26 Å². The van der Waals surface area contributed by atoms with Gasteiger partial charge >= 0.3 is 0 Å². The quantitative estimate of drug-likeness (QED) is 0.640. The molecule has 0 bridgehead atoms. The molecule has 1 aromatic heterocycles. The van der Waals surface area contributed by atoms with Crippen LogP contribution in [-0.2, 0) is 4.79 Å². The summed E-state index contributed by atoms with van der Waals surface area (Å²) in [5.74, 6) is -0.473. The van der Waals surface area contributed by atoms with Crippen LogP contribution in [-0.4, -0.2) is 15.4 Å². The molecule has 8 heteroatoms. The number of carbonyl (C=O) groups is 1. The third kappa shape index (κ3) is 4.29. The number of aromatic nitrogens is 1. The first-order valence-corrected chi connectivity index (χ1v) is 7.64. The maximum atomic E-state index is 12.6. The van der Waals surface area contributed by atoms with Crippen molar-refractivity contribution < 1.29 is 9.72 Å². The average Bonchev–Trinajstić information content (AvgIpc) is 2.60. The maximum absolute atomic E-state index is 12.6. The zero-order chi connectivity index (χ0) is 18.4. The lowest BCUT2D eigenvalue weighted by Gasteiger charge is -2.18. The number of anilines is 1. The Morgan fingerprint density at radius 2 is 2.16 bits per heavy atom. The van der Waals surface area contributed by atoms with Gasteiger partial charge in [-0.2, -0.15) is 5.26 Å². The van der Waals surface area contributed by atoms with Crippen LogP contribution in [0.3, 0.4) is 0 Å². The van der Waals surface area contributed by atoms with Crippen molar-refractivity contribution in [3.8, 4) is 6.07 Å². The highest BCUT2D eigenvalue weighted by Gasteiger charge is 2.22. The summed E-state index contributed by atoms with van der Waals surface area (Å²) in [6.07, 6.45) is 2.02. The Bertz CT molecular complexity index is 898. The van der Waals surface area contributed by atoms with Gasteiger partial charge in [-0.05, 0) is 24.6 Å². The lowest BCUT2D eigenvalue weighted by Crippen LogP contribution is -2.33. The zero-order valence-electron chi connectivity index (χ0n) is 13.5. The molecule has 128 valence electrons.